The van der Waals surface area contributed by atoms with Crippen molar-refractivity contribution in [3.8, 4) is 5.75 Å². The highest BCUT2D eigenvalue weighted by Crippen LogP contribution is 2.17. The van der Waals surface area contributed by atoms with E-state index in [0.717, 1.165) is 4.47 Å². The second-order valence-electron chi connectivity index (χ2n) is 3.61. The van der Waals surface area contributed by atoms with Crippen molar-refractivity contribution in [2.24, 2.45) is 5.73 Å². The Morgan fingerprint density at radius 3 is 2.59 bits per heavy atom. The number of benzene rings is 1. The van der Waals surface area contributed by atoms with Crippen LogP contribution in [0.1, 0.15) is 6.92 Å². The van der Waals surface area contributed by atoms with Crippen LogP contribution in [0.25, 0.3) is 0 Å². The number of nitrogens with two attached hydrogens (primary N) is 1. The van der Waals surface area contributed by atoms with E-state index in [1.54, 1.807) is 24.3 Å². The molecular formula is C10H11BrNO4P. The van der Waals surface area contributed by atoms with Crippen molar-refractivity contribution in [2.75, 3.05) is 6.16 Å². The number of carbonyl (C=O) groups excluding carboxylic acids is 1. The highest BCUT2D eigenvalue weighted by molar-refractivity contribution is 9.10. The van der Waals surface area contributed by atoms with Crippen molar-refractivity contribution in [3.05, 3.63) is 28.7 Å². The van der Waals surface area contributed by atoms with Crippen molar-refractivity contribution in [2.45, 2.75) is 12.5 Å². The summed E-state index contributed by atoms with van der Waals surface area (Å²) < 4.78 is 11.3. The van der Waals surface area contributed by atoms with E-state index in [0.29, 0.717) is 5.75 Å². The molecule has 1 aromatic carbocycles. The predicted octanol–water partition coefficient (Wildman–Crippen LogP) is 2.30. The quantitative estimate of drug-likeness (QED) is 0.512. The summed E-state index contributed by atoms with van der Waals surface area (Å²) in [6.45, 7) is 1.42. The molecule has 0 saturated carbocycles. The number of hydrogen-bond acceptors (Lipinski definition) is 5. The number of hydrogen-bond donors (Lipinski definition) is 1. The van der Waals surface area contributed by atoms with Gasteiger partial charge in [-0.15, -0.1) is 0 Å². The zero-order valence-electron chi connectivity index (χ0n) is 9.05. The first-order valence-corrected chi connectivity index (χ1v) is 6.47. The predicted molar refractivity (Wildman–Crippen MR) is 65.9 cm³/mol. The first-order valence-electron chi connectivity index (χ1n) is 4.68. The van der Waals surface area contributed by atoms with E-state index >= 15 is 0 Å². The second-order valence-corrected chi connectivity index (χ2v) is 5.10. The Kier molecular flexibility index (Phi) is 5.05. The van der Waals surface area contributed by atoms with Crippen LogP contribution in [0.5, 0.6) is 5.75 Å². The van der Waals surface area contributed by atoms with Gasteiger partial charge in [0.2, 0.25) is 0 Å². The van der Waals surface area contributed by atoms with Crippen molar-refractivity contribution in [3.63, 3.8) is 0 Å². The van der Waals surface area contributed by atoms with Crippen molar-refractivity contribution < 1.29 is 19.1 Å². The Hall–Kier alpha value is -0.970. The molecule has 0 aromatic heterocycles. The van der Waals surface area contributed by atoms with E-state index < -0.39 is 11.5 Å². The maximum absolute atomic E-state index is 11.5. The zero-order valence-corrected chi connectivity index (χ0v) is 11.5. The lowest BCUT2D eigenvalue weighted by Gasteiger charge is -2.17. The van der Waals surface area contributed by atoms with Gasteiger partial charge >= 0.3 is 5.97 Å². The maximum Gasteiger partial charge on any atom is 0.375 e. The van der Waals surface area contributed by atoms with E-state index in [2.05, 4.69) is 20.8 Å². The fourth-order valence-electron chi connectivity index (χ4n) is 0.870. The largest absolute Gasteiger partial charge is 0.375 e. The van der Waals surface area contributed by atoms with E-state index in [4.69, 9.17) is 10.6 Å². The van der Waals surface area contributed by atoms with Crippen LogP contribution in [0, 0.1) is 0 Å². The highest BCUT2D eigenvalue weighted by atomic mass is 79.9. The second kappa shape index (κ2) is 6.10. The van der Waals surface area contributed by atoms with Gasteiger partial charge in [0, 0.05) is 4.47 Å². The Labute approximate surface area is 109 Å². The Morgan fingerprint density at radius 2 is 2.06 bits per heavy atom. The summed E-state index contributed by atoms with van der Waals surface area (Å²) in [6, 6.07) is 6.72. The topological polar surface area (TPSA) is 78.6 Å². The van der Waals surface area contributed by atoms with Crippen molar-refractivity contribution in [1.29, 1.82) is 0 Å². The molecule has 0 aliphatic rings. The SMILES string of the molecule is CC(N)(CP=O)C(=O)OOc1ccc(Br)cc1. The third-order valence-electron chi connectivity index (χ3n) is 1.89. The van der Waals surface area contributed by atoms with Gasteiger partial charge < -0.3 is 5.73 Å². The van der Waals surface area contributed by atoms with Crippen LogP contribution in [-0.2, 0) is 14.2 Å². The van der Waals surface area contributed by atoms with Gasteiger partial charge in [0.05, 0.1) is 6.16 Å². The van der Waals surface area contributed by atoms with Crippen LogP contribution in [0.15, 0.2) is 28.7 Å². The van der Waals surface area contributed by atoms with Crippen LogP contribution < -0.4 is 10.6 Å². The van der Waals surface area contributed by atoms with Gasteiger partial charge in [0.1, 0.15) is 5.54 Å². The third-order valence-corrected chi connectivity index (χ3v) is 3.20. The van der Waals surface area contributed by atoms with E-state index in [9.17, 15) is 9.36 Å². The van der Waals surface area contributed by atoms with Crippen LogP contribution >= 0.6 is 24.4 Å². The lowest BCUT2D eigenvalue weighted by atomic mass is 10.1. The molecule has 0 radical (unpaired) electrons. The van der Waals surface area contributed by atoms with Crippen LogP contribution in [0.2, 0.25) is 0 Å². The number of halogens is 1. The molecule has 0 fully saturated rings. The molecule has 0 heterocycles. The molecule has 0 amide bonds. The van der Waals surface area contributed by atoms with Gasteiger partial charge in [-0.05, 0) is 31.2 Å². The van der Waals surface area contributed by atoms with Gasteiger partial charge in [-0.1, -0.05) is 15.9 Å². The Balaban J connectivity index is 2.53. The summed E-state index contributed by atoms with van der Waals surface area (Å²) in [5, 5.41) is 0. The number of carbonyl (C=O) groups is 1. The number of rotatable bonds is 5. The highest BCUT2D eigenvalue weighted by Gasteiger charge is 2.32. The molecular weight excluding hydrogens is 309 g/mol. The molecule has 2 N–H and O–H groups in total. The molecule has 0 saturated heterocycles. The molecule has 17 heavy (non-hydrogen) atoms. The van der Waals surface area contributed by atoms with Crippen LogP contribution in [0.4, 0.5) is 0 Å². The molecule has 1 aromatic rings. The standard InChI is InChI=1S/C10H11BrNO4P/c1-10(12,6-17-14)9(13)16-15-8-4-2-7(11)3-5-8/h2-5H,6,12H2,1H3. The summed E-state index contributed by atoms with van der Waals surface area (Å²) in [6.07, 6.45) is -0.0322. The van der Waals surface area contributed by atoms with Crippen LogP contribution in [0.3, 0.4) is 0 Å². The minimum Gasteiger partial charge on any atom is -0.315 e. The van der Waals surface area contributed by atoms with Crippen LogP contribution in [-0.4, -0.2) is 17.7 Å². The zero-order chi connectivity index (χ0) is 12.9. The maximum atomic E-state index is 11.5. The Bertz CT molecular complexity index is 407. The first kappa shape index (κ1) is 14.1. The summed E-state index contributed by atoms with van der Waals surface area (Å²) in [7, 11) is -0.222. The monoisotopic (exact) mass is 319 g/mol. The molecule has 92 valence electrons. The minimum absolute atomic E-state index is 0.0322. The van der Waals surface area contributed by atoms with E-state index in [1.807, 2.05) is 0 Å². The third kappa shape index (κ3) is 4.42. The van der Waals surface area contributed by atoms with Gasteiger partial charge in [0.15, 0.2) is 14.2 Å². The molecule has 1 unspecified atom stereocenters. The molecule has 5 nitrogen and oxygen atoms in total. The average Bonchev–Trinajstić information content (AvgIpc) is 2.27. The van der Waals surface area contributed by atoms with Crippen molar-refractivity contribution >= 4 is 30.4 Å². The van der Waals surface area contributed by atoms with E-state index in [1.165, 1.54) is 6.92 Å². The summed E-state index contributed by atoms with van der Waals surface area (Å²) in [5.41, 5.74) is 4.26. The summed E-state index contributed by atoms with van der Waals surface area (Å²) in [4.78, 5) is 20.8. The molecule has 0 bridgehead atoms. The summed E-state index contributed by atoms with van der Waals surface area (Å²) in [5.74, 6) is -0.402. The Morgan fingerprint density at radius 1 is 1.47 bits per heavy atom. The lowest BCUT2D eigenvalue weighted by molar-refractivity contribution is -0.218. The molecule has 1 rings (SSSR count). The molecule has 0 aliphatic carbocycles. The van der Waals surface area contributed by atoms with Gasteiger partial charge in [0.25, 0.3) is 0 Å². The van der Waals surface area contributed by atoms with Gasteiger partial charge in [-0.2, -0.15) is 0 Å². The van der Waals surface area contributed by atoms with E-state index in [-0.39, 0.29) is 14.6 Å². The average molecular weight is 320 g/mol. The van der Waals surface area contributed by atoms with Gasteiger partial charge in [-0.25, -0.2) is 9.68 Å². The van der Waals surface area contributed by atoms with Crippen molar-refractivity contribution in [1.82, 2.24) is 0 Å². The molecule has 7 heteroatoms. The smallest absolute Gasteiger partial charge is 0.315 e. The summed E-state index contributed by atoms with van der Waals surface area (Å²) >= 11 is 3.26. The fraction of sp³-hybridized carbons (Fsp3) is 0.300. The normalized spacial score (nSPS) is 14.1. The fourth-order valence-corrected chi connectivity index (χ4v) is 1.53. The molecule has 0 spiro atoms. The molecule has 1 atom stereocenters. The van der Waals surface area contributed by atoms with Gasteiger partial charge in [-0.3, -0.25) is 9.45 Å². The molecule has 0 aliphatic heterocycles. The first-order chi connectivity index (χ1) is 7.95. The minimum atomic E-state index is -1.33. The lowest BCUT2D eigenvalue weighted by Crippen LogP contribution is -2.48.